The summed E-state index contributed by atoms with van der Waals surface area (Å²) in [5.41, 5.74) is 2.32. The van der Waals surface area contributed by atoms with Gasteiger partial charge in [-0.25, -0.2) is 0 Å². The van der Waals surface area contributed by atoms with Crippen molar-refractivity contribution in [3.05, 3.63) is 72.3 Å². The van der Waals surface area contributed by atoms with Crippen molar-refractivity contribution in [3.8, 4) is 11.8 Å². The van der Waals surface area contributed by atoms with Crippen LogP contribution in [0.4, 0.5) is 11.9 Å². The molecule has 32 heavy (non-hydrogen) atoms. The molecule has 1 N–H and O–H groups in total. The first-order valence-corrected chi connectivity index (χ1v) is 10.7. The van der Waals surface area contributed by atoms with Gasteiger partial charge in [-0.1, -0.05) is 48.5 Å². The number of hydrogen-bond acceptors (Lipinski definition) is 8. The van der Waals surface area contributed by atoms with E-state index < -0.39 is 0 Å². The summed E-state index contributed by atoms with van der Waals surface area (Å²) in [4.78, 5) is 22.8. The maximum atomic E-state index is 5.93. The normalized spacial score (nSPS) is 16.5. The fourth-order valence-corrected chi connectivity index (χ4v) is 3.63. The summed E-state index contributed by atoms with van der Waals surface area (Å²) in [6, 6.07) is 20.0. The number of anilines is 2. The third-order valence-corrected chi connectivity index (χ3v) is 5.46. The molecule has 1 aromatic heterocycles. The van der Waals surface area contributed by atoms with Crippen LogP contribution in [0.1, 0.15) is 5.56 Å². The van der Waals surface area contributed by atoms with Gasteiger partial charge in [-0.05, 0) is 36.4 Å². The number of nitrogens with one attached hydrogen (secondary N) is 1. The summed E-state index contributed by atoms with van der Waals surface area (Å²) in [6.45, 7) is 4.24. The minimum atomic E-state index is 0.258. The Kier molecular flexibility index (Phi) is 5.76. The van der Waals surface area contributed by atoms with Crippen molar-refractivity contribution in [2.24, 2.45) is 4.99 Å². The van der Waals surface area contributed by atoms with E-state index >= 15 is 0 Å². The van der Waals surface area contributed by atoms with Crippen LogP contribution in [-0.4, -0.2) is 65.5 Å². The van der Waals surface area contributed by atoms with Gasteiger partial charge in [-0.2, -0.15) is 15.0 Å². The molecular formula is C24H25N7O. The summed E-state index contributed by atoms with van der Waals surface area (Å²) >= 11 is 0. The average molecular weight is 428 g/mol. The van der Waals surface area contributed by atoms with Crippen LogP contribution in [0.5, 0.6) is 11.8 Å². The molecule has 2 aromatic carbocycles. The van der Waals surface area contributed by atoms with Gasteiger partial charge < -0.3 is 19.9 Å². The number of hydrogen-bond donors (Lipinski definition) is 1. The number of para-hydroxylation sites is 1. The summed E-state index contributed by atoms with van der Waals surface area (Å²) < 4.78 is 5.93. The Bertz CT molecular complexity index is 1120. The molecule has 0 spiro atoms. The van der Waals surface area contributed by atoms with Crippen LogP contribution in [0.25, 0.3) is 5.57 Å². The highest BCUT2D eigenvalue weighted by Crippen LogP contribution is 2.23. The molecular weight excluding hydrogens is 402 g/mol. The van der Waals surface area contributed by atoms with Crippen molar-refractivity contribution in [1.82, 2.24) is 19.9 Å². The Balaban J connectivity index is 1.40. The van der Waals surface area contributed by atoms with Crippen molar-refractivity contribution < 1.29 is 4.74 Å². The number of ether oxygens (including phenoxy) is 1. The number of piperazine rings is 1. The van der Waals surface area contributed by atoms with Gasteiger partial charge in [0.05, 0.1) is 6.54 Å². The minimum absolute atomic E-state index is 0.258. The Morgan fingerprint density at radius 3 is 2.31 bits per heavy atom. The first-order chi connectivity index (χ1) is 15.7. The van der Waals surface area contributed by atoms with Crippen LogP contribution in [-0.2, 0) is 0 Å². The molecule has 0 aliphatic carbocycles. The first kappa shape index (κ1) is 20.1. The third kappa shape index (κ3) is 4.76. The van der Waals surface area contributed by atoms with Crippen molar-refractivity contribution in [3.63, 3.8) is 0 Å². The van der Waals surface area contributed by atoms with Crippen molar-refractivity contribution in [2.45, 2.75) is 0 Å². The van der Waals surface area contributed by atoms with Crippen LogP contribution in [0.2, 0.25) is 0 Å². The fourth-order valence-electron chi connectivity index (χ4n) is 3.63. The molecule has 8 nitrogen and oxygen atoms in total. The zero-order valence-electron chi connectivity index (χ0n) is 18.0. The molecule has 0 saturated carbocycles. The lowest BCUT2D eigenvalue weighted by Gasteiger charge is -2.32. The Hall–Kier alpha value is -3.78. The molecule has 0 amide bonds. The van der Waals surface area contributed by atoms with Crippen molar-refractivity contribution in [2.75, 3.05) is 50.0 Å². The molecule has 3 heterocycles. The van der Waals surface area contributed by atoms with E-state index in [9.17, 15) is 0 Å². The van der Waals surface area contributed by atoms with Crippen molar-refractivity contribution in [1.29, 1.82) is 0 Å². The van der Waals surface area contributed by atoms with Gasteiger partial charge >= 0.3 is 6.01 Å². The Labute approximate surface area is 187 Å². The number of likely N-dealkylation sites (N-methyl/N-ethyl adjacent to an activating group) is 1. The van der Waals surface area contributed by atoms with Crippen LogP contribution in [0.3, 0.4) is 0 Å². The maximum absolute atomic E-state index is 5.93. The largest absolute Gasteiger partial charge is 0.424 e. The summed E-state index contributed by atoms with van der Waals surface area (Å²) in [6.07, 6.45) is 2.03. The van der Waals surface area contributed by atoms with E-state index in [4.69, 9.17) is 4.74 Å². The van der Waals surface area contributed by atoms with Gasteiger partial charge in [0.1, 0.15) is 11.6 Å². The average Bonchev–Trinajstić information content (AvgIpc) is 3.29. The Morgan fingerprint density at radius 2 is 1.56 bits per heavy atom. The van der Waals surface area contributed by atoms with Crippen LogP contribution in [0.15, 0.2) is 71.7 Å². The lowest BCUT2D eigenvalue weighted by atomic mass is 10.1. The number of rotatable bonds is 5. The molecule has 1 fully saturated rings. The second kappa shape index (κ2) is 9.15. The van der Waals surface area contributed by atoms with Crippen LogP contribution in [0, 0.1) is 0 Å². The van der Waals surface area contributed by atoms with Gasteiger partial charge in [-0.3, -0.25) is 4.99 Å². The Morgan fingerprint density at radius 1 is 0.844 bits per heavy atom. The molecule has 1 saturated heterocycles. The smallest absolute Gasteiger partial charge is 0.328 e. The highest BCUT2D eigenvalue weighted by Gasteiger charge is 2.20. The van der Waals surface area contributed by atoms with E-state index in [2.05, 4.69) is 54.2 Å². The zero-order chi connectivity index (χ0) is 21.8. The minimum Gasteiger partial charge on any atom is -0.424 e. The molecule has 2 aliphatic rings. The highest BCUT2D eigenvalue weighted by molar-refractivity contribution is 6.10. The molecule has 3 aromatic rings. The summed E-state index contributed by atoms with van der Waals surface area (Å²) in [7, 11) is 2.12. The van der Waals surface area contributed by atoms with Gasteiger partial charge in [0, 0.05) is 26.2 Å². The standard InChI is InChI=1S/C24H25N7O/c1-30-12-14-31(15-13-30)23-27-22(28-24(29-23)32-20-10-6-3-7-11-20)26-21-16-19(17-25-21)18-8-4-2-5-9-18/h2-11,16H,12-15,17H2,1H3,(H,25,26,27,28,29). The maximum Gasteiger partial charge on any atom is 0.328 e. The van der Waals surface area contributed by atoms with Crippen molar-refractivity contribution >= 4 is 23.3 Å². The molecule has 0 bridgehead atoms. The lowest BCUT2D eigenvalue weighted by Crippen LogP contribution is -2.45. The molecule has 0 radical (unpaired) electrons. The summed E-state index contributed by atoms with van der Waals surface area (Å²) in [5.74, 6) is 2.43. The quantitative estimate of drug-likeness (QED) is 0.669. The molecule has 0 unspecified atom stereocenters. The molecule has 2 aliphatic heterocycles. The van der Waals surface area contributed by atoms with E-state index in [0.29, 0.717) is 24.2 Å². The third-order valence-electron chi connectivity index (χ3n) is 5.46. The van der Waals surface area contributed by atoms with Gasteiger partial charge in [0.2, 0.25) is 11.9 Å². The van der Waals surface area contributed by atoms with Crippen LogP contribution >= 0.6 is 0 Å². The predicted molar refractivity (Wildman–Crippen MR) is 126 cm³/mol. The molecule has 0 atom stereocenters. The van der Waals surface area contributed by atoms with E-state index in [1.807, 2.05) is 54.6 Å². The molecule has 162 valence electrons. The topological polar surface area (TPSA) is 78.8 Å². The van der Waals surface area contributed by atoms with E-state index in [0.717, 1.165) is 43.2 Å². The molecule has 5 rings (SSSR count). The second-order valence-corrected chi connectivity index (χ2v) is 7.81. The van der Waals surface area contributed by atoms with E-state index in [1.54, 1.807) is 0 Å². The highest BCUT2D eigenvalue weighted by atomic mass is 16.5. The zero-order valence-corrected chi connectivity index (χ0v) is 18.0. The van der Waals surface area contributed by atoms with Gasteiger partial charge in [0.25, 0.3) is 0 Å². The number of aromatic nitrogens is 3. The monoisotopic (exact) mass is 427 g/mol. The fraction of sp³-hybridized carbons (Fsp3) is 0.250. The van der Waals surface area contributed by atoms with Crippen LogP contribution < -0.4 is 15.0 Å². The number of benzene rings is 2. The number of amidine groups is 1. The van der Waals surface area contributed by atoms with E-state index in [-0.39, 0.29) is 6.01 Å². The van der Waals surface area contributed by atoms with Gasteiger partial charge in [-0.15, -0.1) is 0 Å². The lowest BCUT2D eigenvalue weighted by molar-refractivity contribution is 0.310. The van der Waals surface area contributed by atoms with E-state index in [1.165, 1.54) is 0 Å². The SMILES string of the molecule is CN1CCN(c2nc(NC3=NCC(c4ccccc4)=C3)nc(Oc3ccccc3)n2)CC1. The number of nitrogens with zero attached hydrogens (tertiary/aromatic N) is 6. The first-order valence-electron chi connectivity index (χ1n) is 10.7. The van der Waals surface area contributed by atoms with Gasteiger partial charge in [0.15, 0.2) is 0 Å². The molecule has 8 heteroatoms. The second-order valence-electron chi connectivity index (χ2n) is 7.81. The number of aliphatic imine (C=N–C) groups is 1. The summed E-state index contributed by atoms with van der Waals surface area (Å²) in [5, 5.41) is 3.25. The predicted octanol–water partition coefficient (Wildman–Crippen LogP) is 3.32.